The van der Waals surface area contributed by atoms with Gasteiger partial charge in [0.05, 0.1) is 16.3 Å². The van der Waals surface area contributed by atoms with Crippen LogP contribution in [0.25, 0.3) is 0 Å². The summed E-state index contributed by atoms with van der Waals surface area (Å²) >= 11 is 0. The highest BCUT2D eigenvalue weighted by Crippen LogP contribution is 2.29. The number of para-hydroxylation sites is 1. The molecule has 0 saturated carbocycles. The highest BCUT2D eigenvalue weighted by molar-refractivity contribution is 7.89. The normalized spacial score (nSPS) is 12.2. The van der Waals surface area contributed by atoms with Gasteiger partial charge in [-0.2, -0.15) is 9.41 Å². The molecule has 0 aliphatic rings. The molecule has 150 valence electrons. The monoisotopic (exact) mass is 406 g/mol. The molecule has 0 aromatic heterocycles. The number of nitrogens with one attached hydrogen (secondary N) is 1. The molecule has 10 heteroatoms. The number of aromatic hydroxyl groups is 1. The van der Waals surface area contributed by atoms with Crippen molar-refractivity contribution in [2.75, 3.05) is 18.5 Å². The van der Waals surface area contributed by atoms with E-state index in [0.29, 0.717) is 11.3 Å². The smallest absolute Gasteiger partial charge is 0.270 e. The molecular formula is C18H22N4O5S. The molecule has 0 bridgehead atoms. The maximum atomic E-state index is 12.9. The van der Waals surface area contributed by atoms with Crippen LogP contribution in [0.4, 0.5) is 11.4 Å². The zero-order valence-electron chi connectivity index (χ0n) is 15.8. The minimum atomic E-state index is -3.96. The molecule has 0 unspecified atom stereocenters. The summed E-state index contributed by atoms with van der Waals surface area (Å²) in [5.41, 5.74) is 3.33. The summed E-state index contributed by atoms with van der Waals surface area (Å²) in [6, 6.07) is 10.1. The van der Waals surface area contributed by atoms with Crippen molar-refractivity contribution in [2.45, 2.75) is 25.7 Å². The van der Waals surface area contributed by atoms with Gasteiger partial charge < -0.3 is 5.11 Å². The van der Waals surface area contributed by atoms with Gasteiger partial charge in [-0.3, -0.25) is 15.5 Å². The molecule has 0 atom stereocenters. The first-order valence-corrected chi connectivity index (χ1v) is 10.0. The number of phenolic OH excluding ortho intramolecular Hbond substituents is 1. The molecule has 2 aromatic rings. The van der Waals surface area contributed by atoms with Crippen molar-refractivity contribution in [1.29, 1.82) is 0 Å². The number of phenols is 1. The van der Waals surface area contributed by atoms with E-state index in [9.17, 15) is 23.6 Å². The third-order valence-corrected chi connectivity index (χ3v) is 6.23. The third kappa shape index (κ3) is 4.46. The van der Waals surface area contributed by atoms with E-state index in [1.54, 1.807) is 39.0 Å². The average Bonchev–Trinajstić information content (AvgIpc) is 2.67. The van der Waals surface area contributed by atoms with Gasteiger partial charge in [0.2, 0.25) is 10.0 Å². The fraction of sp³-hybridized carbons (Fsp3) is 0.278. The van der Waals surface area contributed by atoms with Crippen LogP contribution in [-0.4, -0.2) is 41.6 Å². The Balaban J connectivity index is 2.51. The Morgan fingerprint density at radius 2 is 1.86 bits per heavy atom. The van der Waals surface area contributed by atoms with Crippen molar-refractivity contribution in [3.63, 3.8) is 0 Å². The number of nitro groups is 1. The van der Waals surface area contributed by atoms with Crippen molar-refractivity contribution in [3.05, 3.63) is 58.1 Å². The lowest BCUT2D eigenvalue weighted by Crippen LogP contribution is -2.31. The van der Waals surface area contributed by atoms with Crippen LogP contribution in [0.3, 0.4) is 0 Å². The number of hydrazone groups is 1. The molecule has 0 radical (unpaired) electrons. The molecule has 0 heterocycles. The summed E-state index contributed by atoms with van der Waals surface area (Å²) in [5, 5.41) is 25.2. The van der Waals surface area contributed by atoms with Gasteiger partial charge in [-0.1, -0.05) is 26.0 Å². The van der Waals surface area contributed by atoms with Gasteiger partial charge in [0.1, 0.15) is 10.6 Å². The van der Waals surface area contributed by atoms with E-state index < -0.39 is 14.9 Å². The van der Waals surface area contributed by atoms with Gasteiger partial charge in [-0.05, 0) is 25.1 Å². The summed E-state index contributed by atoms with van der Waals surface area (Å²) in [5.74, 6) is 0.0326. The quantitative estimate of drug-likeness (QED) is 0.394. The van der Waals surface area contributed by atoms with Gasteiger partial charge in [-0.15, -0.1) is 0 Å². The summed E-state index contributed by atoms with van der Waals surface area (Å²) < 4.78 is 27.1. The molecule has 28 heavy (non-hydrogen) atoms. The van der Waals surface area contributed by atoms with Crippen molar-refractivity contribution in [2.24, 2.45) is 5.10 Å². The largest absolute Gasteiger partial charge is 0.507 e. The average molecular weight is 406 g/mol. The second kappa shape index (κ2) is 8.81. The van der Waals surface area contributed by atoms with Crippen LogP contribution in [0.1, 0.15) is 26.3 Å². The molecule has 0 saturated heterocycles. The number of nitro benzene ring substituents is 1. The zero-order valence-corrected chi connectivity index (χ0v) is 16.6. The van der Waals surface area contributed by atoms with E-state index in [2.05, 4.69) is 10.5 Å². The van der Waals surface area contributed by atoms with E-state index in [4.69, 9.17) is 0 Å². The molecule has 2 aromatic carbocycles. The third-order valence-electron chi connectivity index (χ3n) is 4.14. The van der Waals surface area contributed by atoms with Crippen LogP contribution in [0, 0.1) is 10.1 Å². The van der Waals surface area contributed by atoms with Crippen LogP contribution >= 0.6 is 0 Å². The molecule has 2 rings (SSSR count). The first kappa shape index (κ1) is 21.3. The summed E-state index contributed by atoms with van der Waals surface area (Å²) in [6.45, 7) is 5.46. The minimum Gasteiger partial charge on any atom is -0.507 e. The van der Waals surface area contributed by atoms with E-state index in [0.717, 1.165) is 6.07 Å². The SMILES string of the molecule is CCN(CC)S(=O)(=O)c1cc([N+](=O)[O-])ccc1N/N=C(\C)c1ccccc1O. The second-order valence-corrected chi connectivity index (χ2v) is 7.76. The lowest BCUT2D eigenvalue weighted by atomic mass is 10.1. The fourth-order valence-electron chi connectivity index (χ4n) is 2.62. The van der Waals surface area contributed by atoms with Crippen LogP contribution in [0.2, 0.25) is 0 Å². The summed E-state index contributed by atoms with van der Waals surface area (Å²) in [6.07, 6.45) is 0. The zero-order chi connectivity index (χ0) is 20.9. The van der Waals surface area contributed by atoms with Gasteiger partial charge in [-0.25, -0.2) is 8.42 Å². The van der Waals surface area contributed by atoms with E-state index >= 15 is 0 Å². The number of nitrogens with zero attached hydrogens (tertiary/aromatic N) is 3. The molecule has 0 aliphatic carbocycles. The Hall–Kier alpha value is -2.98. The Labute approximate surface area is 163 Å². The molecule has 0 fully saturated rings. The Bertz CT molecular complexity index is 1000. The molecular weight excluding hydrogens is 384 g/mol. The molecule has 0 amide bonds. The maximum absolute atomic E-state index is 12.9. The lowest BCUT2D eigenvalue weighted by molar-refractivity contribution is -0.385. The van der Waals surface area contributed by atoms with Crippen molar-refractivity contribution in [1.82, 2.24) is 4.31 Å². The highest BCUT2D eigenvalue weighted by Gasteiger charge is 2.27. The van der Waals surface area contributed by atoms with E-state index in [1.165, 1.54) is 22.5 Å². The van der Waals surface area contributed by atoms with Crippen LogP contribution in [-0.2, 0) is 10.0 Å². The summed E-state index contributed by atoms with van der Waals surface area (Å²) in [7, 11) is -3.96. The van der Waals surface area contributed by atoms with Crippen molar-refractivity contribution in [3.8, 4) is 5.75 Å². The number of hydrogen-bond donors (Lipinski definition) is 2. The molecule has 9 nitrogen and oxygen atoms in total. The van der Waals surface area contributed by atoms with E-state index in [-0.39, 0.29) is 35.1 Å². The van der Waals surface area contributed by atoms with Crippen LogP contribution < -0.4 is 5.43 Å². The second-order valence-electron chi connectivity index (χ2n) is 5.85. The van der Waals surface area contributed by atoms with Crippen LogP contribution in [0.15, 0.2) is 52.5 Å². The van der Waals surface area contributed by atoms with E-state index in [1.807, 2.05) is 0 Å². The van der Waals surface area contributed by atoms with Crippen LogP contribution in [0.5, 0.6) is 5.75 Å². The van der Waals surface area contributed by atoms with Crippen molar-refractivity contribution >= 4 is 27.1 Å². The highest BCUT2D eigenvalue weighted by atomic mass is 32.2. The van der Waals surface area contributed by atoms with Gasteiger partial charge in [0, 0.05) is 30.8 Å². The standard InChI is InChI=1S/C18H22N4O5S/c1-4-21(5-2)28(26,27)18-12-14(22(24)25)10-11-16(18)20-19-13(3)15-8-6-7-9-17(15)23/h6-12,20,23H,4-5H2,1-3H3/b19-13+. The number of hydrogen-bond acceptors (Lipinski definition) is 7. The summed E-state index contributed by atoms with van der Waals surface area (Å²) in [4.78, 5) is 10.2. The predicted octanol–water partition coefficient (Wildman–Crippen LogP) is 3.17. The number of non-ortho nitro benzene ring substituents is 1. The topological polar surface area (TPSA) is 125 Å². The van der Waals surface area contributed by atoms with Crippen molar-refractivity contribution < 1.29 is 18.4 Å². The first-order valence-electron chi connectivity index (χ1n) is 8.59. The number of benzene rings is 2. The number of anilines is 1. The molecule has 0 spiro atoms. The van der Waals surface area contributed by atoms with Gasteiger partial charge in [0.25, 0.3) is 5.69 Å². The molecule has 2 N–H and O–H groups in total. The predicted molar refractivity (Wildman–Crippen MR) is 107 cm³/mol. The maximum Gasteiger partial charge on any atom is 0.270 e. The van der Waals surface area contributed by atoms with Gasteiger partial charge >= 0.3 is 0 Å². The Morgan fingerprint density at radius 3 is 2.43 bits per heavy atom. The Morgan fingerprint density at radius 1 is 1.21 bits per heavy atom. The fourth-order valence-corrected chi connectivity index (χ4v) is 4.24. The molecule has 0 aliphatic heterocycles. The van der Waals surface area contributed by atoms with Gasteiger partial charge in [0.15, 0.2) is 0 Å². The Kier molecular flexibility index (Phi) is 6.71. The first-order chi connectivity index (χ1) is 13.2. The number of sulfonamides is 1. The lowest BCUT2D eigenvalue weighted by Gasteiger charge is -2.20. The number of rotatable bonds is 8. The minimum absolute atomic E-state index is 0.0326.